The van der Waals surface area contributed by atoms with Crippen molar-refractivity contribution < 1.29 is 9.47 Å². The number of ether oxygens (including phenoxy) is 2. The van der Waals surface area contributed by atoms with Crippen molar-refractivity contribution in [1.29, 1.82) is 0 Å². The molecule has 1 aliphatic rings. The molecule has 0 aliphatic carbocycles. The molecule has 6 heteroatoms. The van der Waals surface area contributed by atoms with Crippen molar-refractivity contribution >= 4 is 17.7 Å². The lowest BCUT2D eigenvalue weighted by Gasteiger charge is -2.34. The summed E-state index contributed by atoms with van der Waals surface area (Å²) in [5.41, 5.74) is 1.24. The van der Waals surface area contributed by atoms with Gasteiger partial charge in [0.15, 0.2) is 5.96 Å². The highest BCUT2D eigenvalue weighted by Gasteiger charge is 2.31. The molecular weight excluding hydrogens is 334 g/mol. The zero-order valence-corrected chi connectivity index (χ0v) is 16.7. The second kappa shape index (κ2) is 9.92. The summed E-state index contributed by atoms with van der Waals surface area (Å²) in [4.78, 5) is 7.12. The van der Waals surface area contributed by atoms with Crippen LogP contribution >= 0.6 is 11.8 Å². The third-order valence-corrected chi connectivity index (χ3v) is 6.03. The first-order valence-corrected chi connectivity index (χ1v) is 10.1. The fourth-order valence-electron chi connectivity index (χ4n) is 2.94. The molecule has 140 valence electrons. The largest absolute Gasteiger partial charge is 0.497 e. The third kappa shape index (κ3) is 5.82. The van der Waals surface area contributed by atoms with Crippen molar-refractivity contribution in [3.63, 3.8) is 0 Å². The monoisotopic (exact) mass is 365 g/mol. The van der Waals surface area contributed by atoms with E-state index in [0.29, 0.717) is 0 Å². The van der Waals surface area contributed by atoms with Gasteiger partial charge in [0.2, 0.25) is 0 Å². The Labute approximate surface area is 156 Å². The predicted octanol–water partition coefficient (Wildman–Crippen LogP) is 3.00. The maximum absolute atomic E-state index is 5.53. The van der Waals surface area contributed by atoms with Crippen LogP contribution in [0.25, 0.3) is 0 Å². The van der Waals surface area contributed by atoms with Gasteiger partial charge in [0, 0.05) is 38.1 Å². The Morgan fingerprint density at radius 3 is 2.56 bits per heavy atom. The minimum Gasteiger partial charge on any atom is -0.497 e. The summed E-state index contributed by atoms with van der Waals surface area (Å²) in [6.45, 7) is 6.29. The molecule has 1 N–H and O–H groups in total. The number of guanidine groups is 1. The number of rotatable bonds is 7. The van der Waals surface area contributed by atoms with E-state index in [1.807, 2.05) is 23.9 Å². The molecule has 5 nitrogen and oxygen atoms in total. The SMILES string of the molecule is CCNC(=NCC1(SC)CCOCC1)N(C)Cc1ccc(OC)cc1. The van der Waals surface area contributed by atoms with Gasteiger partial charge in [0.05, 0.1) is 13.7 Å². The van der Waals surface area contributed by atoms with Gasteiger partial charge in [-0.3, -0.25) is 4.99 Å². The average molecular weight is 366 g/mol. The highest BCUT2D eigenvalue weighted by molar-refractivity contribution is 8.00. The number of methoxy groups -OCH3 is 1. The lowest BCUT2D eigenvalue weighted by atomic mass is 9.99. The number of nitrogens with zero attached hydrogens (tertiary/aromatic N) is 2. The normalized spacial score (nSPS) is 17.2. The average Bonchev–Trinajstić information content (AvgIpc) is 2.66. The van der Waals surface area contributed by atoms with Crippen LogP contribution in [0.5, 0.6) is 5.75 Å². The van der Waals surface area contributed by atoms with Gasteiger partial charge in [-0.25, -0.2) is 0 Å². The topological polar surface area (TPSA) is 46.1 Å². The smallest absolute Gasteiger partial charge is 0.194 e. The molecule has 2 rings (SSSR count). The van der Waals surface area contributed by atoms with Crippen LogP contribution in [0.15, 0.2) is 29.3 Å². The molecule has 0 amide bonds. The van der Waals surface area contributed by atoms with Gasteiger partial charge in [-0.15, -0.1) is 0 Å². The lowest BCUT2D eigenvalue weighted by Crippen LogP contribution is -2.41. The highest BCUT2D eigenvalue weighted by atomic mass is 32.2. The standard InChI is InChI=1S/C19H31N3O2S/c1-5-20-18(21-15-19(25-4)10-12-24-13-11-19)22(2)14-16-6-8-17(23-3)9-7-16/h6-9H,5,10-15H2,1-4H3,(H,20,21). The summed E-state index contributed by atoms with van der Waals surface area (Å²) >= 11 is 1.93. The Bertz CT molecular complexity index is 542. The summed E-state index contributed by atoms with van der Waals surface area (Å²) in [7, 11) is 3.77. The van der Waals surface area contributed by atoms with Crippen LogP contribution < -0.4 is 10.1 Å². The Balaban J connectivity index is 2.03. The molecule has 1 fully saturated rings. The molecule has 1 saturated heterocycles. The van der Waals surface area contributed by atoms with Crippen LogP contribution in [0.2, 0.25) is 0 Å². The van der Waals surface area contributed by atoms with E-state index in [-0.39, 0.29) is 4.75 Å². The number of hydrogen-bond acceptors (Lipinski definition) is 4. The molecule has 1 heterocycles. The molecule has 1 aliphatic heterocycles. The molecule has 0 atom stereocenters. The fourth-order valence-corrected chi connectivity index (χ4v) is 3.71. The molecule has 1 aromatic rings. The van der Waals surface area contributed by atoms with Gasteiger partial charge >= 0.3 is 0 Å². The van der Waals surface area contributed by atoms with Crippen LogP contribution in [0.1, 0.15) is 25.3 Å². The highest BCUT2D eigenvalue weighted by Crippen LogP contribution is 2.34. The van der Waals surface area contributed by atoms with E-state index < -0.39 is 0 Å². The summed E-state index contributed by atoms with van der Waals surface area (Å²) in [6, 6.07) is 8.19. The zero-order valence-electron chi connectivity index (χ0n) is 15.9. The lowest BCUT2D eigenvalue weighted by molar-refractivity contribution is 0.0793. The van der Waals surface area contributed by atoms with Crippen molar-refractivity contribution in [2.45, 2.75) is 31.1 Å². The van der Waals surface area contributed by atoms with Gasteiger partial charge in [0.1, 0.15) is 5.75 Å². The van der Waals surface area contributed by atoms with E-state index in [0.717, 1.165) is 57.4 Å². The zero-order chi connectivity index (χ0) is 18.1. The van der Waals surface area contributed by atoms with Crippen LogP contribution in [-0.4, -0.2) is 62.3 Å². The van der Waals surface area contributed by atoms with Crippen molar-refractivity contribution in [2.24, 2.45) is 4.99 Å². The maximum Gasteiger partial charge on any atom is 0.194 e. The van der Waals surface area contributed by atoms with E-state index in [2.05, 4.69) is 42.6 Å². The summed E-state index contributed by atoms with van der Waals surface area (Å²) in [5, 5.41) is 3.42. The maximum atomic E-state index is 5.53. The van der Waals surface area contributed by atoms with Crippen molar-refractivity contribution in [3.8, 4) is 5.75 Å². The minimum atomic E-state index is 0.208. The predicted molar refractivity (Wildman–Crippen MR) is 107 cm³/mol. The van der Waals surface area contributed by atoms with Crippen LogP contribution in [0, 0.1) is 0 Å². The van der Waals surface area contributed by atoms with Crippen molar-refractivity contribution in [3.05, 3.63) is 29.8 Å². The third-order valence-electron chi connectivity index (χ3n) is 4.63. The minimum absolute atomic E-state index is 0.208. The quantitative estimate of drug-likeness (QED) is 0.594. The Kier molecular flexibility index (Phi) is 7.90. The Morgan fingerprint density at radius 2 is 2.00 bits per heavy atom. The Morgan fingerprint density at radius 1 is 1.32 bits per heavy atom. The summed E-state index contributed by atoms with van der Waals surface area (Å²) in [6.07, 6.45) is 4.33. The second-order valence-corrected chi connectivity index (χ2v) is 7.65. The van der Waals surface area contributed by atoms with Gasteiger partial charge in [-0.05, 0) is 43.7 Å². The van der Waals surface area contributed by atoms with Crippen molar-refractivity contribution in [1.82, 2.24) is 10.2 Å². The summed E-state index contributed by atoms with van der Waals surface area (Å²) < 4.78 is 11.0. The van der Waals surface area contributed by atoms with E-state index in [9.17, 15) is 0 Å². The first-order valence-electron chi connectivity index (χ1n) is 8.88. The fraction of sp³-hybridized carbons (Fsp3) is 0.632. The van der Waals surface area contributed by atoms with Crippen LogP contribution in [-0.2, 0) is 11.3 Å². The molecular formula is C19H31N3O2S. The molecule has 25 heavy (non-hydrogen) atoms. The number of nitrogens with one attached hydrogen (secondary N) is 1. The molecule has 0 saturated carbocycles. The molecule has 0 radical (unpaired) electrons. The van der Waals surface area contributed by atoms with Gasteiger partial charge in [-0.1, -0.05) is 12.1 Å². The molecule has 1 aromatic carbocycles. The van der Waals surface area contributed by atoms with Gasteiger partial charge in [-0.2, -0.15) is 11.8 Å². The summed E-state index contributed by atoms with van der Waals surface area (Å²) in [5.74, 6) is 1.84. The van der Waals surface area contributed by atoms with Gasteiger partial charge in [0.25, 0.3) is 0 Å². The Hall–Kier alpha value is -1.40. The second-order valence-electron chi connectivity index (χ2n) is 6.37. The van der Waals surface area contributed by atoms with Crippen LogP contribution in [0.3, 0.4) is 0 Å². The number of benzene rings is 1. The van der Waals surface area contributed by atoms with E-state index in [4.69, 9.17) is 14.5 Å². The number of hydrogen-bond donors (Lipinski definition) is 1. The van der Waals surface area contributed by atoms with Gasteiger partial charge < -0.3 is 19.7 Å². The molecule has 0 unspecified atom stereocenters. The van der Waals surface area contributed by atoms with Crippen LogP contribution in [0.4, 0.5) is 0 Å². The van der Waals surface area contributed by atoms with E-state index in [1.54, 1.807) is 7.11 Å². The first-order chi connectivity index (χ1) is 12.1. The molecule has 0 spiro atoms. The number of thioether (sulfide) groups is 1. The van der Waals surface area contributed by atoms with Crippen molar-refractivity contribution in [2.75, 3.05) is 46.7 Å². The van der Waals surface area contributed by atoms with E-state index >= 15 is 0 Å². The first kappa shape index (κ1) is 19.9. The van der Waals surface area contributed by atoms with E-state index in [1.165, 1.54) is 5.56 Å². The molecule has 0 aromatic heterocycles. The number of aliphatic imine (C=N–C) groups is 1. The molecule has 0 bridgehead atoms.